The van der Waals surface area contributed by atoms with Gasteiger partial charge in [0.05, 0.1) is 36.5 Å². The first-order valence-corrected chi connectivity index (χ1v) is 13.0. The third-order valence-electron chi connectivity index (χ3n) is 6.03. The van der Waals surface area contributed by atoms with Gasteiger partial charge in [-0.2, -0.15) is 10.5 Å². The fraction of sp³-hybridized carbons (Fsp3) is 0.176. The molecule has 0 spiro atoms. The Bertz CT molecular complexity index is 1590. The fourth-order valence-electron chi connectivity index (χ4n) is 4.16. The molecule has 2 aromatic heterocycles. The van der Waals surface area contributed by atoms with E-state index in [1.807, 2.05) is 74.5 Å². The second-order valence-electron chi connectivity index (χ2n) is 8.89. The van der Waals surface area contributed by atoms with Gasteiger partial charge in [-0.05, 0) is 101 Å². The summed E-state index contributed by atoms with van der Waals surface area (Å²) in [4.78, 5) is 0. The molecule has 0 saturated carbocycles. The molecule has 0 N–H and O–H groups in total. The number of hydrogen-bond acceptors (Lipinski definition) is 6. The summed E-state index contributed by atoms with van der Waals surface area (Å²) in [5, 5.41) is 19.7. The van der Waals surface area contributed by atoms with Gasteiger partial charge in [-0.15, -0.1) is 0 Å². The Morgan fingerprint density at radius 3 is 1.48 bits per heavy atom. The SMILES string of the molecule is CCOc1c(-c2ccc(/C=C/C=C(/C)C#N)o2)ccc2c(OCC)c(-c3ccc(/C=C/C=C(/C)C#N)o3)ccc12. The number of nitrogens with zero attached hydrogens (tertiary/aromatic N) is 2. The van der Waals surface area contributed by atoms with Gasteiger partial charge in [-0.3, -0.25) is 0 Å². The highest BCUT2D eigenvalue weighted by atomic mass is 16.5. The van der Waals surface area contributed by atoms with Crippen molar-refractivity contribution in [2.45, 2.75) is 27.7 Å². The topological polar surface area (TPSA) is 92.3 Å². The van der Waals surface area contributed by atoms with Crippen molar-refractivity contribution in [3.8, 4) is 46.3 Å². The van der Waals surface area contributed by atoms with Gasteiger partial charge >= 0.3 is 0 Å². The number of rotatable bonds is 10. The van der Waals surface area contributed by atoms with Crippen molar-refractivity contribution < 1.29 is 18.3 Å². The van der Waals surface area contributed by atoms with Crippen LogP contribution in [0.25, 0.3) is 45.6 Å². The lowest BCUT2D eigenvalue weighted by molar-refractivity contribution is 0.341. The number of hydrogen-bond donors (Lipinski definition) is 0. The summed E-state index contributed by atoms with van der Waals surface area (Å²) < 4.78 is 24.5. The summed E-state index contributed by atoms with van der Waals surface area (Å²) in [6, 6.07) is 19.8. The molecule has 0 amide bonds. The second kappa shape index (κ2) is 13.0. The molecule has 0 saturated heterocycles. The number of nitriles is 2. The summed E-state index contributed by atoms with van der Waals surface area (Å²) in [5.74, 6) is 4.12. The Labute approximate surface area is 234 Å². The molecule has 4 rings (SSSR count). The van der Waals surface area contributed by atoms with E-state index in [4.69, 9.17) is 28.8 Å². The number of allylic oxidation sites excluding steroid dienone is 6. The molecule has 0 aliphatic heterocycles. The Hall–Kier alpha value is -5.20. The predicted octanol–water partition coefficient (Wildman–Crippen LogP) is 9.12. The van der Waals surface area contributed by atoms with E-state index in [1.165, 1.54) is 0 Å². The maximum Gasteiger partial charge on any atom is 0.138 e. The van der Waals surface area contributed by atoms with Crippen LogP contribution in [0.5, 0.6) is 11.5 Å². The lowest BCUT2D eigenvalue weighted by atomic mass is 9.99. The van der Waals surface area contributed by atoms with E-state index >= 15 is 0 Å². The van der Waals surface area contributed by atoms with E-state index in [1.54, 1.807) is 38.2 Å². The molecular formula is C34H30N2O4. The van der Waals surface area contributed by atoms with Gasteiger partial charge in [0.15, 0.2) is 0 Å². The minimum atomic E-state index is 0.483. The molecule has 200 valence electrons. The van der Waals surface area contributed by atoms with Gasteiger partial charge in [0, 0.05) is 21.9 Å². The Kier molecular flexibility index (Phi) is 9.07. The first kappa shape index (κ1) is 27.8. The van der Waals surface area contributed by atoms with Gasteiger partial charge in [0.2, 0.25) is 0 Å². The van der Waals surface area contributed by atoms with Crippen LogP contribution in [0.15, 0.2) is 92.8 Å². The zero-order valence-electron chi connectivity index (χ0n) is 23.0. The molecule has 0 fully saturated rings. The maximum absolute atomic E-state index is 8.93. The summed E-state index contributed by atoms with van der Waals surface area (Å²) in [7, 11) is 0. The molecule has 40 heavy (non-hydrogen) atoms. The van der Waals surface area contributed by atoms with Gasteiger partial charge in [0.1, 0.15) is 34.5 Å². The standard InChI is InChI=1S/C34H30N2O4/c1-5-37-33-27-15-18-30(32-20-14-26(40-32)12-8-10-24(4)22-36)34(38-6-2)28(27)16-17-29(33)31-19-13-25(39-31)11-7-9-23(3)21-35/h7-20H,5-6H2,1-4H3/b11-7+,12-8+,23-9-,24-10-. The van der Waals surface area contributed by atoms with E-state index in [9.17, 15) is 0 Å². The molecular weight excluding hydrogens is 500 g/mol. The van der Waals surface area contributed by atoms with E-state index in [2.05, 4.69) is 12.1 Å². The van der Waals surface area contributed by atoms with Crippen LogP contribution in [0.3, 0.4) is 0 Å². The van der Waals surface area contributed by atoms with Crippen molar-refractivity contribution in [1.29, 1.82) is 10.5 Å². The van der Waals surface area contributed by atoms with Gasteiger partial charge in [-0.25, -0.2) is 0 Å². The van der Waals surface area contributed by atoms with Gasteiger partial charge in [-0.1, -0.05) is 12.2 Å². The van der Waals surface area contributed by atoms with Crippen molar-refractivity contribution in [2.75, 3.05) is 13.2 Å². The van der Waals surface area contributed by atoms with Crippen molar-refractivity contribution in [1.82, 2.24) is 0 Å². The first-order chi connectivity index (χ1) is 19.5. The summed E-state index contributed by atoms with van der Waals surface area (Å²) in [5.41, 5.74) is 2.90. The van der Waals surface area contributed by atoms with Crippen LogP contribution in [0.1, 0.15) is 39.2 Å². The van der Waals surface area contributed by atoms with E-state index < -0.39 is 0 Å². The smallest absolute Gasteiger partial charge is 0.138 e. The molecule has 0 bridgehead atoms. The van der Waals surface area contributed by atoms with Gasteiger partial charge < -0.3 is 18.3 Å². The van der Waals surface area contributed by atoms with E-state index in [-0.39, 0.29) is 0 Å². The van der Waals surface area contributed by atoms with E-state index in [0.29, 0.717) is 58.9 Å². The van der Waals surface area contributed by atoms with Crippen LogP contribution in [0, 0.1) is 22.7 Å². The van der Waals surface area contributed by atoms with Crippen molar-refractivity contribution in [3.05, 3.63) is 95.5 Å². The minimum Gasteiger partial charge on any atom is -0.492 e. The molecule has 0 radical (unpaired) electrons. The highest BCUT2D eigenvalue weighted by Gasteiger charge is 2.20. The first-order valence-electron chi connectivity index (χ1n) is 13.0. The van der Waals surface area contributed by atoms with Crippen LogP contribution >= 0.6 is 0 Å². The zero-order chi connectivity index (χ0) is 28.5. The number of ether oxygens (including phenoxy) is 2. The lowest BCUT2D eigenvalue weighted by Crippen LogP contribution is -1.99. The van der Waals surface area contributed by atoms with Crippen molar-refractivity contribution in [3.63, 3.8) is 0 Å². The molecule has 6 heteroatoms. The summed E-state index contributed by atoms with van der Waals surface area (Å²) in [6.07, 6.45) is 10.7. The second-order valence-corrected chi connectivity index (χ2v) is 8.89. The van der Waals surface area contributed by atoms with Crippen molar-refractivity contribution in [2.24, 2.45) is 0 Å². The highest BCUT2D eigenvalue weighted by molar-refractivity contribution is 6.01. The van der Waals surface area contributed by atoms with Crippen LogP contribution in [0.4, 0.5) is 0 Å². The zero-order valence-corrected chi connectivity index (χ0v) is 23.0. The molecule has 2 aromatic carbocycles. The Morgan fingerprint density at radius 1 is 0.675 bits per heavy atom. The van der Waals surface area contributed by atoms with Gasteiger partial charge in [0.25, 0.3) is 0 Å². The summed E-state index contributed by atoms with van der Waals surface area (Å²) in [6.45, 7) is 8.37. The average Bonchev–Trinajstić information content (AvgIpc) is 3.63. The average molecular weight is 531 g/mol. The monoisotopic (exact) mass is 530 g/mol. The predicted molar refractivity (Wildman–Crippen MR) is 158 cm³/mol. The maximum atomic E-state index is 8.93. The molecule has 0 atom stereocenters. The normalized spacial score (nSPS) is 12.2. The summed E-state index contributed by atoms with van der Waals surface area (Å²) >= 11 is 0. The van der Waals surface area contributed by atoms with Crippen LogP contribution < -0.4 is 9.47 Å². The molecule has 6 nitrogen and oxygen atoms in total. The molecule has 0 unspecified atom stereocenters. The van der Waals surface area contributed by atoms with Crippen molar-refractivity contribution >= 4 is 22.9 Å². The quantitative estimate of drug-likeness (QED) is 0.150. The molecule has 0 aliphatic rings. The number of furan rings is 2. The number of benzene rings is 2. The lowest BCUT2D eigenvalue weighted by Gasteiger charge is -2.17. The minimum absolute atomic E-state index is 0.483. The van der Waals surface area contributed by atoms with Crippen LogP contribution in [0.2, 0.25) is 0 Å². The third-order valence-corrected chi connectivity index (χ3v) is 6.03. The number of fused-ring (bicyclic) bond motifs is 1. The Morgan fingerprint density at radius 2 is 1.10 bits per heavy atom. The molecule has 4 aromatic rings. The fourth-order valence-corrected chi connectivity index (χ4v) is 4.16. The third kappa shape index (κ3) is 6.26. The van der Waals surface area contributed by atoms with Crippen LogP contribution in [-0.4, -0.2) is 13.2 Å². The molecule has 2 heterocycles. The largest absolute Gasteiger partial charge is 0.492 e. The van der Waals surface area contributed by atoms with Crippen LogP contribution in [-0.2, 0) is 0 Å². The van der Waals surface area contributed by atoms with E-state index in [0.717, 1.165) is 21.9 Å². The highest BCUT2D eigenvalue weighted by Crippen LogP contribution is 2.44. The molecule has 0 aliphatic carbocycles. The Balaban J connectivity index is 1.76.